The zero-order valence-corrected chi connectivity index (χ0v) is 17.9. The molecule has 2 aromatic carbocycles. The van der Waals surface area contributed by atoms with E-state index >= 15 is 0 Å². The SMILES string of the molecule is Cc1cccc(N2CCN(C(=O)Cn3c(=O)c4cccn4c4ccccc43)C[C@H]2C)c1. The summed E-state index contributed by atoms with van der Waals surface area (Å²) in [6.07, 6.45) is 1.89. The van der Waals surface area contributed by atoms with E-state index in [2.05, 4.69) is 43.0 Å². The van der Waals surface area contributed by atoms with Crippen LogP contribution in [0.1, 0.15) is 12.5 Å². The molecule has 1 atom stereocenters. The molecule has 1 fully saturated rings. The number of anilines is 1. The summed E-state index contributed by atoms with van der Waals surface area (Å²) < 4.78 is 3.51. The molecular weight excluding hydrogens is 388 g/mol. The fourth-order valence-electron chi connectivity index (χ4n) is 4.68. The highest BCUT2D eigenvalue weighted by atomic mass is 16.2. The number of carbonyl (C=O) groups is 1. The van der Waals surface area contributed by atoms with Crippen molar-refractivity contribution in [1.29, 1.82) is 0 Å². The number of rotatable bonds is 3. The van der Waals surface area contributed by atoms with Gasteiger partial charge in [0.05, 0.1) is 11.0 Å². The van der Waals surface area contributed by atoms with Gasteiger partial charge in [-0.3, -0.25) is 14.2 Å². The molecule has 3 heterocycles. The number of piperazine rings is 1. The number of carbonyl (C=O) groups excluding carboxylic acids is 1. The van der Waals surface area contributed by atoms with Gasteiger partial charge in [0.1, 0.15) is 12.1 Å². The van der Waals surface area contributed by atoms with Gasteiger partial charge < -0.3 is 14.2 Å². The molecule has 1 aliphatic rings. The van der Waals surface area contributed by atoms with Crippen molar-refractivity contribution in [2.24, 2.45) is 0 Å². The Morgan fingerprint density at radius 2 is 1.74 bits per heavy atom. The topological polar surface area (TPSA) is 50.0 Å². The lowest BCUT2D eigenvalue weighted by Gasteiger charge is -2.41. The van der Waals surface area contributed by atoms with Gasteiger partial charge in [-0.1, -0.05) is 24.3 Å². The minimum atomic E-state index is -0.136. The lowest BCUT2D eigenvalue weighted by Crippen LogP contribution is -2.54. The van der Waals surface area contributed by atoms with Crippen LogP contribution in [0.15, 0.2) is 71.7 Å². The zero-order chi connectivity index (χ0) is 21.5. The van der Waals surface area contributed by atoms with E-state index in [1.54, 1.807) is 10.6 Å². The summed E-state index contributed by atoms with van der Waals surface area (Å²) >= 11 is 0. The predicted molar refractivity (Wildman–Crippen MR) is 124 cm³/mol. The minimum Gasteiger partial charge on any atom is -0.365 e. The van der Waals surface area contributed by atoms with Crippen molar-refractivity contribution in [3.63, 3.8) is 0 Å². The summed E-state index contributed by atoms with van der Waals surface area (Å²) in [6.45, 7) is 6.37. The van der Waals surface area contributed by atoms with Crippen molar-refractivity contribution in [3.05, 3.63) is 82.8 Å². The highest BCUT2D eigenvalue weighted by Crippen LogP contribution is 2.22. The van der Waals surface area contributed by atoms with Crippen molar-refractivity contribution in [2.45, 2.75) is 26.4 Å². The number of amides is 1. The minimum absolute atomic E-state index is 0.0149. The molecule has 6 nitrogen and oxygen atoms in total. The van der Waals surface area contributed by atoms with E-state index in [0.717, 1.165) is 17.6 Å². The van der Waals surface area contributed by atoms with Crippen LogP contribution in [0.2, 0.25) is 0 Å². The summed E-state index contributed by atoms with van der Waals surface area (Å²) in [5.41, 5.74) is 4.58. The molecule has 0 aliphatic carbocycles. The maximum atomic E-state index is 13.2. The molecule has 6 heteroatoms. The van der Waals surface area contributed by atoms with Gasteiger partial charge >= 0.3 is 0 Å². The smallest absolute Gasteiger partial charge is 0.275 e. The highest BCUT2D eigenvalue weighted by molar-refractivity contribution is 5.83. The van der Waals surface area contributed by atoms with E-state index in [4.69, 9.17) is 0 Å². The van der Waals surface area contributed by atoms with Crippen LogP contribution >= 0.6 is 0 Å². The third-order valence-electron chi connectivity index (χ3n) is 6.25. The number of para-hydroxylation sites is 2. The Bertz CT molecular complexity index is 1340. The zero-order valence-electron chi connectivity index (χ0n) is 17.9. The summed E-state index contributed by atoms with van der Waals surface area (Å²) in [5, 5.41) is 0. The van der Waals surface area contributed by atoms with E-state index in [9.17, 15) is 9.59 Å². The van der Waals surface area contributed by atoms with Crippen molar-refractivity contribution >= 4 is 28.1 Å². The fourth-order valence-corrected chi connectivity index (χ4v) is 4.68. The number of aromatic nitrogens is 2. The Balaban J connectivity index is 1.40. The first-order chi connectivity index (χ1) is 15.0. The van der Waals surface area contributed by atoms with Crippen LogP contribution in [0, 0.1) is 6.92 Å². The summed E-state index contributed by atoms with van der Waals surface area (Å²) in [7, 11) is 0. The predicted octanol–water partition coefficient (Wildman–Crippen LogP) is 3.30. The van der Waals surface area contributed by atoms with Crippen molar-refractivity contribution < 1.29 is 4.79 Å². The van der Waals surface area contributed by atoms with Crippen molar-refractivity contribution in [2.75, 3.05) is 24.5 Å². The van der Waals surface area contributed by atoms with Crippen LogP contribution in [0.25, 0.3) is 16.6 Å². The number of nitrogens with zero attached hydrogens (tertiary/aromatic N) is 4. The molecule has 0 bridgehead atoms. The molecule has 158 valence electrons. The molecule has 31 heavy (non-hydrogen) atoms. The van der Waals surface area contributed by atoms with Crippen LogP contribution in [0.4, 0.5) is 5.69 Å². The number of fused-ring (bicyclic) bond motifs is 3. The number of benzene rings is 2. The number of aryl methyl sites for hydroxylation is 1. The Morgan fingerprint density at radius 1 is 0.968 bits per heavy atom. The van der Waals surface area contributed by atoms with Gasteiger partial charge in [0.25, 0.3) is 5.56 Å². The van der Waals surface area contributed by atoms with Crippen molar-refractivity contribution in [3.8, 4) is 0 Å². The van der Waals surface area contributed by atoms with Crippen LogP contribution in [-0.2, 0) is 11.3 Å². The van der Waals surface area contributed by atoms with E-state index in [0.29, 0.717) is 18.6 Å². The normalized spacial score (nSPS) is 16.9. The van der Waals surface area contributed by atoms with Gasteiger partial charge in [-0.15, -0.1) is 0 Å². The Labute approximate surface area is 180 Å². The average molecular weight is 415 g/mol. The van der Waals surface area contributed by atoms with E-state index in [-0.39, 0.29) is 24.1 Å². The summed E-state index contributed by atoms with van der Waals surface area (Å²) in [5.74, 6) is -0.0149. The molecule has 2 aromatic heterocycles. The second-order valence-electron chi connectivity index (χ2n) is 8.36. The molecule has 1 amide bonds. The average Bonchev–Trinajstić information content (AvgIpc) is 3.27. The summed E-state index contributed by atoms with van der Waals surface area (Å²) in [6, 6.07) is 20.1. The second kappa shape index (κ2) is 7.61. The third kappa shape index (κ3) is 3.38. The van der Waals surface area contributed by atoms with Gasteiger partial charge in [0, 0.05) is 37.6 Å². The molecule has 5 rings (SSSR count). The lowest BCUT2D eigenvalue weighted by molar-refractivity contribution is -0.132. The first kappa shape index (κ1) is 19.4. The van der Waals surface area contributed by atoms with Crippen LogP contribution in [0.3, 0.4) is 0 Å². The molecule has 0 spiro atoms. The maximum absolute atomic E-state index is 13.2. The Hall–Kier alpha value is -3.54. The maximum Gasteiger partial charge on any atom is 0.275 e. The Morgan fingerprint density at radius 3 is 2.52 bits per heavy atom. The molecule has 1 aliphatic heterocycles. The van der Waals surface area contributed by atoms with Crippen LogP contribution < -0.4 is 10.5 Å². The molecule has 0 N–H and O–H groups in total. The molecule has 0 unspecified atom stereocenters. The van der Waals surface area contributed by atoms with E-state index in [1.807, 2.05) is 45.8 Å². The quantitative estimate of drug-likeness (QED) is 0.517. The van der Waals surface area contributed by atoms with Crippen LogP contribution in [-0.4, -0.2) is 45.5 Å². The molecule has 0 saturated carbocycles. The molecule has 1 saturated heterocycles. The van der Waals surface area contributed by atoms with Gasteiger partial charge in [-0.05, 0) is 55.8 Å². The van der Waals surface area contributed by atoms with E-state index in [1.165, 1.54) is 11.3 Å². The van der Waals surface area contributed by atoms with Gasteiger partial charge in [-0.25, -0.2) is 0 Å². The Kier molecular flexibility index (Phi) is 4.77. The van der Waals surface area contributed by atoms with Gasteiger partial charge in [0.15, 0.2) is 0 Å². The number of hydrogen-bond donors (Lipinski definition) is 0. The monoisotopic (exact) mass is 414 g/mol. The molecular formula is C25H26N4O2. The highest BCUT2D eigenvalue weighted by Gasteiger charge is 2.27. The number of hydrogen-bond acceptors (Lipinski definition) is 3. The van der Waals surface area contributed by atoms with Crippen LogP contribution in [0.5, 0.6) is 0 Å². The van der Waals surface area contributed by atoms with Gasteiger partial charge in [0.2, 0.25) is 5.91 Å². The lowest BCUT2D eigenvalue weighted by atomic mass is 10.1. The largest absolute Gasteiger partial charge is 0.365 e. The summed E-state index contributed by atoms with van der Waals surface area (Å²) in [4.78, 5) is 30.6. The molecule has 4 aromatic rings. The first-order valence-electron chi connectivity index (χ1n) is 10.7. The third-order valence-corrected chi connectivity index (χ3v) is 6.25. The van der Waals surface area contributed by atoms with Gasteiger partial charge in [-0.2, -0.15) is 0 Å². The van der Waals surface area contributed by atoms with E-state index < -0.39 is 0 Å². The second-order valence-corrected chi connectivity index (χ2v) is 8.36. The van der Waals surface area contributed by atoms with Crippen molar-refractivity contribution in [1.82, 2.24) is 13.9 Å². The molecule has 0 radical (unpaired) electrons. The standard InChI is InChI=1S/C25H26N4O2/c1-18-7-5-8-20(15-18)27-14-13-26(16-19(27)2)24(30)17-29-22-10-4-3-9-21(22)28-12-6-11-23(28)25(29)31/h3-12,15,19H,13-14,16-17H2,1-2H3/t19-/m1/s1. The first-order valence-corrected chi connectivity index (χ1v) is 10.7. The fraction of sp³-hybridized carbons (Fsp3) is 0.280.